The van der Waals surface area contributed by atoms with Gasteiger partial charge in [0.25, 0.3) is 7.28 Å². The van der Waals surface area contributed by atoms with Crippen LogP contribution in [0.4, 0.5) is 4.79 Å². The Morgan fingerprint density at radius 2 is 1.66 bits per heavy atom. The van der Waals surface area contributed by atoms with E-state index in [2.05, 4.69) is 51.0 Å². The fraction of sp³-hybridized carbons (Fsp3) is 0.867. The summed E-state index contributed by atoms with van der Waals surface area (Å²) >= 11 is 0. The summed E-state index contributed by atoms with van der Waals surface area (Å²) in [5.74, 6) is 5.59. The smallest absolute Gasteiger partial charge is 0.466 e. The molecule has 1 radical (unpaired) electrons. The quantitative estimate of drug-likeness (QED) is 0.0120. The van der Waals surface area contributed by atoms with Crippen LogP contribution in [0, 0.1) is 11.7 Å². The van der Waals surface area contributed by atoms with Crippen molar-refractivity contribution in [2.75, 3.05) is 72.4 Å². The van der Waals surface area contributed by atoms with Gasteiger partial charge in [0.2, 0.25) is 0 Å². The maximum Gasteiger partial charge on any atom is 0.490 e. The van der Waals surface area contributed by atoms with Crippen LogP contribution >= 0.6 is 45.1 Å². The van der Waals surface area contributed by atoms with Gasteiger partial charge in [-0.15, -0.1) is 5.92 Å². The number of carbonyl (C=O) groups excluding carboxylic acids is 2. The van der Waals surface area contributed by atoms with Crippen LogP contribution in [0.25, 0.3) is 0 Å². The van der Waals surface area contributed by atoms with Crippen LogP contribution in [-0.4, -0.2) is 134 Å². The normalized spacial score (nSPS) is 19.6. The zero-order valence-corrected chi connectivity index (χ0v) is 36.1. The molecule has 0 aliphatic carbocycles. The van der Waals surface area contributed by atoms with Crippen molar-refractivity contribution >= 4 is 64.4 Å². The molecule has 1 fully saturated rings. The van der Waals surface area contributed by atoms with Gasteiger partial charge >= 0.3 is 35.5 Å². The molecule has 0 aromatic rings. The van der Waals surface area contributed by atoms with E-state index in [1.54, 1.807) is 21.6 Å². The number of hydrogen-bond acceptors (Lipinski definition) is 17. The number of carbonyl (C=O) groups is 2. The molecule has 0 bridgehead atoms. The third-order valence-corrected chi connectivity index (χ3v) is 13.7. The van der Waals surface area contributed by atoms with Gasteiger partial charge in [0, 0.05) is 44.0 Å². The lowest BCUT2D eigenvalue weighted by molar-refractivity contribution is -0.143. The zero-order chi connectivity index (χ0) is 42.6. The topological polar surface area (TPSA) is 271 Å². The van der Waals surface area contributed by atoms with E-state index in [-0.39, 0.29) is 37.2 Å². The molecule has 1 aliphatic heterocycles. The van der Waals surface area contributed by atoms with E-state index in [0.717, 1.165) is 19.4 Å². The van der Waals surface area contributed by atoms with Gasteiger partial charge in [0.15, 0.2) is 0 Å². The van der Waals surface area contributed by atoms with Gasteiger partial charge in [0.1, 0.15) is 12.0 Å². The number of phosphoric acid groups is 3. The van der Waals surface area contributed by atoms with E-state index >= 15 is 0 Å². The molecule has 325 valence electrons. The van der Waals surface area contributed by atoms with Gasteiger partial charge in [-0.2, -0.15) is 14.4 Å². The number of hydrogen-bond donors (Lipinski definition) is 5. The Bertz CT molecular complexity index is 1360. The Kier molecular flexibility index (Phi) is 27.1. The summed E-state index contributed by atoms with van der Waals surface area (Å²) < 4.78 is 91.2. The van der Waals surface area contributed by atoms with E-state index in [9.17, 15) is 33.1 Å². The van der Waals surface area contributed by atoms with E-state index in [1.807, 2.05) is 0 Å². The SMILES string of the molecule is [2H]CO[C@H]1C[C@H]([B]C#CCCC(=O)OCCCCOCSSC(C)(C)CCOC(=O)NCCOCCOCCCC)O[C@@H]1COP(=O)(O)OP(=O)(O)OP(=O)(O)O. The van der Waals surface area contributed by atoms with Crippen LogP contribution in [0.15, 0.2) is 0 Å². The zero-order valence-electron chi connectivity index (χ0n) is 32.8. The Morgan fingerprint density at radius 1 is 0.946 bits per heavy atom. The molecule has 1 heterocycles. The second-order valence-electron chi connectivity index (χ2n) is 12.3. The van der Waals surface area contributed by atoms with Gasteiger partial charge in [0.05, 0.1) is 53.5 Å². The lowest BCUT2D eigenvalue weighted by Crippen LogP contribution is -2.29. The summed E-state index contributed by atoms with van der Waals surface area (Å²) in [6.07, 6.45) is 2.20. The lowest BCUT2D eigenvalue weighted by atomic mass is 9.71. The highest BCUT2D eigenvalue weighted by molar-refractivity contribution is 8.77. The molecule has 2 unspecified atom stereocenters. The summed E-state index contributed by atoms with van der Waals surface area (Å²) in [5, 5.41) is 2.66. The molecule has 1 amide bonds. The molecule has 1 rings (SSSR count). The monoisotopic (exact) mass is 903 g/mol. The van der Waals surface area contributed by atoms with Gasteiger partial charge in [-0.25, -0.2) is 18.5 Å². The minimum absolute atomic E-state index is 0.0555. The van der Waals surface area contributed by atoms with E-state index in [1.165, 1.54) is 7.28 Å². The maximum absolute atomic E-state index is 12.0. The maximum atomic E-state index is 12.0. The fourth-order valence-electron chi connectivity index (χ4n) is 4.15. The molecule has 5 atom stereocenters. The first-order valence-corrected chi connectivity index (χ1v) is 24.5. The van der Waals surface area contributed by atoms with E-state index < -0.39 is 67.4 Å². The summed E-state index contributed by atoms with van der Waals surface area (Å²) in [7, 11) is -12.4. The molecule has 5 N–H and O–H groups in total. The van der Waals surface area contributed by atoms with Crippen molar-refractivity contribution in [2.24, 2.45) is 0 Å². The number of unbranched alkanes of at least 4 members (excludes halogenated alkanes) is 2. The van der Waals surface area contributed by atoms with Gasteiger partial charge in [-0.05, 0) is 46.0 Å². The van der Waals surface area contributed by atoms with Gasteiger partial charge < -0.3 is 58.0 Å². The predicted octanol–water partition coefficient (Wildman–Crippen LogP) is 4.31. The van der Waals surface area contributed by atoms with Crippen molar-refractivity contribution < 1.29 is 90.5 Å². The molecule has 0 spiro atoms. The summed E-state index contributed by atoms with van der Waals surface area (Å²) in [5.41, 5.74) is 0. The number of phosphoric ester groups is 1. The molecule has 56 heavy (non-hydrogen) atoms. The number of methoxy groups -OCH3 is 1. The Labute approximate surface area is 338 Å². The highest BCUT2D eigenvalue weighted by atomic mass is 33.1. The van der Waals surface area contributed by atoms with Crippen molar-refractivity contribution in [3.05, 3.63) is 0 Å². The van der Waals surface area contributed by atoms with E-state index in [0.29, 0.717) is 58.2 Å². The minimum atomic E-state index is -5.68. The third-order valence-electron chi connectivity index (χ3n) is 6.92. The highest BCUT2D eigenvalue weighted by Crippen LogP contribution is 2.66. The first kappa shape index (κ1) is 51.4. The number of alkyl carbamates (subject to hydrolysis) is 1. The van der Waals surface area contributed by atoms with Crippen molar-refractivity contribution in [1.82, 2.24) is 5.32 Å². The molecule has 0 aromatic carbocycles. The molecule has 26 heteroatoms. The van der Waals surface area contributed by atoms with Gasteiger partial charge in [-0.1, -0.05) is 34.9 Å². The Hall–Kier alpha value is -0.725. The minimum Gasteiger partial charge on any atom is -0.466 e. The summed E-state index contributed by atoms with van der Waals surface area (Å²) in [4.78, 5) is 60.1. The Balaban J connectivity index is 2.12. The molecule has 1 saturated heterocycles. The average molecular weight is 904 g/mol. The number of esters is 1. The molecule has 0 aromatic heterocycles. The largest absolute Gasteiger partial charge is 0.490 e. The number of amides is 1. The molecule has 20 nitrogen and oxygen atoms in total. The van der Waals surface area contributed by atoms with Crippen molar-refractivity contribution in [3.63, 3.8) is 0 Å². The fourth-order valence-corrected chi connectivity index (χ4v) is 9.46. The standard InChI is InChI=1S/C30H56BNO19P3S2/c1-5-6-15-43-20-21-44-19-14-32-29(34)47-18-12-30(2,3)56-55-24-45-16-9-10-17-46-28(33)11-7-8-13-31-27-22-25(42-4)26(49-27)23-48-53(38,39)51-54(40,41)50-52(35,36)37/h25-27H,5-7,9-12,14-24H2,1-4H3,(H,32,34)(H,38,39)(H,40,41)(H2,35,36,37)/t25-,26+,27+/m0/s1/i4D. The van der Waals surface area contributed by atoms with Crippen molar-refractivity contribution in [1.29, 1.82) is 0 Å². The summed E-state index contributed by atoms with van der Waals surface area (Å²) in [6.45, 7) is 9.02. The Morgan fingerprint density at radius 3 is 2.38 bits per heavy atom. The third kappa shape index (κ3) is 29.5. The molecular formula is C30H56BNO19P3S2. The second-order valence-corrected chi connectivity index (χ2v) is 19.7. The van der Waals surface area contributed by atoms with E-state index in [4.69, 9.17) is 44.3 Å². The summed E-state index contributed by atoms with van der Waals surface area (Å²) in [6, 6.07) is -0.664. The number of nitrogens with one attached hydrogen (secondary N) is 1. The second kappa shape index (κ2) is 29.5. The first-order chi connectivity index (χ1) is 26.9. The first-order valence-electron chi connectivity index (χ1n) is 18.3. The van der Waals surface area contributed by atoms with Crippen LogP contribution in [0.1, 0.15) is 73.5 Å². The number of ether oxygens (including phenoxy) is 7. The number of rotatable bonds is 32. The van der Waals surface area contributed by atoms with Crippen LogP contribution < -0.4 is 5.32 Å². The average Bonchev–Trinajstić information content (AvgIpc) is 3.48. The van der Waals surface area contributed by atoms with Crippen LogP contribution in [0.2, 0.25) is 0 Å². The lowest BCUT2D eigenvalue weighted by Gasteiger charge is -2.22. The van der Waals surface area contributed by atoms with Crippen LogP contribution in [0.3, 0.4) is 0 Å². The highest BCUT2D eigenvalue weighted by Gasteiger charge is 2.43. The van der Waals surface area contributed by atoms with Crippen LogP contribution in [-0.2, 0) is 64.8 Å². The van der Waals surface area contributed by atoms with Gasteiger partial charge in [-0.3, -0.25) is 9.32 Å². The molecular weight excluding hydrogens is 846 g/mol. The molecule has 1 aliphatic rings. The molecule has 0 saturated carbocycles. The van der Waals surface area contributed by atoms with Crippen molar-refractivity contribution in [2.45, 2.75) is 95.1 Å². The predicted molar refractivity (Wildman–Crippen MR) is 207 cm³/mol. The van der Waals surface area contributed by atoms with Crippen molar-refractivity contribution in [3.8, 4) is 11.7 Å². The van der Waals surface area contributed by atoms with Crippen LogP contribution in [0.5, 0.6) is 0 Å².